The van der Waals surface area contributed by atoms with Gasteiger partial charge in [0, 0.05) is 36.8 Å². The van der Waals surface area contributed by atoms with Crippen LogP contribution in [-0.4, -0.2) is 22.0 Å². The van der Waals surface area contributed by atoms with Gasteiger partial charge in [-0.05, 0) is 33.1 Å². The van der Waals surface area contributed by atoms with E-state index in [1.165, 1.54) is 12.8 Å². The van der Waals surface area contributed by atoms with Gasteiger partial charge in [0.25, 0.3) is 0 Å². The third kappa shape index (κ3) is 4.23. The van der Waals surface area contributed by atoms with Gasteiger partial charge < -0.3 is 5.32 Å². The van der Waals surface area contributed by atoms with Crippen molar-refractivity contribution in [3.63, 3.8) is 0 Å². The molecule has 0 aromatic carbocycles. The fourth-order valence-corrected chi connectivity index (χ4v) is 2.17. The molecule has 6 heteroatoms. The number of nitrogens with one attached hydrogen (secondary N) is 1. The largest absolute Gasteiger partial charge is 0.389 e. The molecule has 1 N–H and O–H groups in total. The van der Waals surface area contributed by atoms with Crippen LogP contribution in [0.3, 0.4) is 0 Å². The van der Waals surface area contributed by atoms with Crippen molar-refractivity contribution in [2.24, 2.45) is 0 Å². The molecule has 0 amide bonds. The van der Waals surface area contributed by atoms with Crippen LogP contribution in [0.1, 0.15) is 42.6 Å². The fraction of sp³-hybridized carbons (Fsp3) is 0.769. The van der Waals surface area contributed by atoms with E-state index in [-0.39, 0.29) is 6.42 Å². The number of nitrogens with zero attached hydrogens (tertiary/aromatic N) is 2. The zero-order valence-corrected chi connectivity index (χ0v) is 11.3. The molecule has 0 saturated heterocycles. The zero-order chi connectivity index (χ0) is 14.0. The Bertz CT molecular complexity index is 433. The lowest BCUT2D eigenvalue weighted by molar-refractivity contribution is -0.136. The van der Waals surface area contributed by atoms with Gasteiger partial charge in [-0.2, -0.15) is 18.3 Å². The van der Waals surface area contributed by atoms with Crippen molar-refractivity contribution >= 4 is 0 Å². The highest BCUT2D eigenvalue weighted by molar-refractivity contribution is 5.24. The Kier molecular flexibility index (Phi) is 4.18. The van der Waals surface area contributed by atoms with Gasteiger partial charge in [-0.1, -0.05) is 0 Å². The summed E-state index contributed by atoms with van der Waals surface area (Å²) in [7, 11) is 0. The van der Waals surface area contributed by atoms with Gasteiger partial charge in [-0.25, -0.2) is 0 Å². The minimum Gasteiger partial charge on any atom is -0.310 e. The van der Waals surface area contributed by atoms with Crippen molar-refractivity contribution in [2.45, 2.75) is 64.8 Å². The van der Waals surface area contributed by atoms with Crippen LogP contribution in [0, 0.1) is 13.8 Å². The number of hydrogen-bond donors (Lipinski definition) is 1. The number of alkyl halides is 3. The number of halogens is 3. The quantitative estimate of drug-likeness (QED) is 0.864. The zero-order valence-electron chi connectivity index (χ0n) is 11.3. The summed E-state index contributed by atoms with van der Waals surface area (Å²) in [5.41, 5.74) is 3.02. The van der Waals surface area contributed by atoms with Crippen LogP contribution in [0.2, 0.25) is 0 Å². The van der Waals surface area contributed by atoms with Crippen LogP contribution < -0.4 is 5.32 Å². The molecule has 0 bridgehead atoms. The lowest BCUT2D eigenvalue weighted by atomic mass is 10.2. The van der Waals surface area contributed by atoms with Gasteiger partial charge in [-0.15, -0.1) is 0 Å². The van der Waals surface area contributed by atoms with Gasteiger partial charge in [0.05, 0.1) is 5.69 Å². The summed E-state index contributed by atoms with van der Waals surface area (Å²) in [5.74, 6) is 0. The first-order chi connectivity index (χ1) is 8.87. The normalized spacial score (nSPS) is 16.1. The predicted molar refractivity (Wildman–Crippen MR) is 66.9 cm³/mol. The van der Waals surface area contributed by atoms with E-state index in [9.17, 15) is 13.2 Å². The number of aryl methyl sites for hydroxylation is 2. The maximum atomic E-state index is 12.1. The Hall–Kier alpha value is -1.04. The molecule has 1 saturated carbocycles. The van der Waals surface area contributed by atoms with Crippen molar-refractivity contribution in [3.05, 3.63) is 17.0 Å². The molecule has 0 atom stereocenters. The highest BCUT2D eigenvalue weighted by Crippen LogP contribution is 2.23. The molecule has 3 nitrogen and oxygen atoms in total. The molecule has 1 aromatic heterocycles. The second kappa shape index (κ2) is 5.53. The maximum absolute atomic E-state index is 12.1. The molecule has 0 unspecified atom stereocenters. The van der Waals surface area contributed by atoms with Gasteiger partial charge in [-0.3, -0.25) is 4.68 Å². The lowest BCUT2D eigenvalue weighted by Crippen LogP contribution is -2.16. The van der Waals surface area contributed by atoms with E-state index in [0.29, 0.717) is 12.6 Å². The fourth-order valence-electron chi connectivity index (χ4n) is 2.17. The van der Waals surface area contributed by atoms with E-state index in [0.717, 1.165) is 23.5 Å². The minimum atomic E-state index is -4.08. The maximum Gasteiger partial charge on any atom is 0.389 e. The summed E-state index contributed by atoms with van der Waals surface area (Å²) in [6.45, 7) is 4.94. The lowest BCUT2D eigenvalue weighted by Gasteiger charge is -2.08. The molecule has 2 rings (SSSR count). The molecule has 1 fully saturated rings. The van der Waals surface area contributed by atoms with Gasteiger partial charge in [0.1, 0.15) is 0 Å². The Morgan fingerprint density at radius 3 is 2.58 bits per heavy atom. The molecule has 0 aliphatic heterocycles. The first-order valence-corrected chi connectivity index (χ1v) is 6.70. The molecular formula is C13H20F3N3. The molecule has 1 aliphatic rings. The van der Waals surface area contributed by atoms with Crippen molar-refractivity contribution in [1.82, 2.24) is 15.1 Å². The van der Waals surface area contributed by atoms with Crippen LogP contribution >= 0.6 is 0 Å². The van der Waals surface area contributed by atoms with Gasteiger partial charge in [0.2, 0.25) is 0 Å². The van der Waals surface area contributed by atoms with Crippen molar-refractivity contribution in [2.75, 3.05) is 0 Å². The molecular weight excluding hydrogens is 255 g/mol. The summed E-state index contributed by atoms with van der Waals surface area (Å²) < 4.78 is 38.1. The summed E-state index contributed by atoms with van der Waals surface area (Å²) in [4.78, 5) is 0. The predicted octanol–water partition coefficient (Wildman–Crippen LogP) is 3.09. The van der Waals surface area contributed by atoms with Crippen LogP contribution in [0.5, 0.6) is 0 Å². The van der Waals surface area contributed by atoms with Gasteiger partial charge in [0.15, 0.2) is 0 Å². The standard InChI is InChI=1S/C13H20F3N3/c1-9-12(8-17-11-4-5-11)10(2)19(18-9)7-3-6-13(14,15)16/h11,17H,3-8H2,1-2H3. The van der Waals surface area contributed by atoms with E-state index >= 15 is 0 Å². The van der Waals surface area contributed by atoms with Crippen molar-refractivity contribution < 1.29 is 13.2 Å². The summed E-state index contributed by atoms with van der Waals surface area (Å²) in [6, 6.07) is 0.618. The Morgan fingerprint density at radius 2 is 2.00 bits per heavy atom. The monoisotopic (exact) mass is 275 g/mol. The van der Waals surface area contributed by atoms with E-state index in [1.807, 2.05) is 13.8 Å². The molecule has 1 aromatic rings. The van der Waals surface area contributed by atoms with E-state index in [1.54, 1.807) is 4.68 Å². The van der Waals surface area contributed by atoms with Gasteiger partial charge >= 0.3 is 6.18 Å². The van der Waals surface area contributed by atoms with E-state index in [2.05, 4.69) is 10.4 Å². The average Bonchev–Trinajstić information content (AvgIpc) is 3.06. The molecule has 0 radical (unpaired) electrons. The second-order valence-electron chi connectivity index (χ2n) is 5.25. The van der Waals surface area contributed by atoms with E-state index in [4.69, 9.17) is 0 Å². The van der Waals surface area contributed by atoms with Crippen LogP contribution in [0.15, 0.2) is 0 Å². The third-order valence-electron chi connectivity index (χ3n) is 3.51. The molecule has 19 heavy (non-hydrogen) atoms. The summed E-state index contributed by atoms with van der Waals surface area (Å²) in [5, 5.41) is 7.75. The van der Waals surface area contributed by atoms with Crippen LogP contribution in [-0.2, 0) is 13.1 Å². The summed E-state index contributed by atoms with van der Waals surface area (Å²) in [6.07, 6.45) is -2.30. The Morgan fingerprint density at radius 1 is 1.32 bits per heavy atom. The summed E-state index contributed by atoms with van der Waals surface area (Å²) >= 11 is 0. The first-order valence-electron chi connectivity index (χ1n) is 6.70. The number of hydrogen-bond acceptors (Lipinski definition) is 2. The molecule has 108 valence electrons. The van der Waals surface area contributed by atoms with Crippen LogP contribution in [0.25, 0.3) is 0 Å². The second-order valence-corrected chi connectivity index (χ2v) is 5.25. The minimum absolute atomic E-state index is 0.0843. The smallest absolute Gasteiger partial charge is 0.310 e. The van der Waals surface area contributed by atoms with Crippen molar-refractivity contribution in [3.8, 4) is 0 Å². The molecule has 0 spiro atoms. The topological polar surface area (TPSA) is 29.9 Å². The number of aromatic nitrogens is 2. The molecule has 1 aliphatic carbocycles. The first kappa shape index (κ1) is 14.4. The Balaban J connectivity index is 1.91. The third-order valence-corrected chi connectivity index (χ3v) is 3.51. The average molecular weight is 275 g/mol. The van der Waals surface area contributed by atoms with Crippen molar-refractivity contribution in [1.29, 1.82) is 0 Å². The van der Waals surface area contributed by atoms with Crippen LogP contribution in [0.4, 0.5) is 13.2 Å². The van der Waals surface area contributed by atoms with E-state index < -0.39 is 12.6 Å². The highest BCUT2D eigenvalue weighted by atomic mass is 19.4. The highest BCUT2D eigenvalue weighted by Gasteiger charge is 2.26. The SMILES string of the molecule is Cc1nn(CCCC(F)(F)F)c(C)c1CNC1CC1. The Labute approximate surface area is 111 Å². The molecule has 1 heterocycles. The number of rotatable bonds is 6.